The van der Waals surface area contributed by atoms with Gasteiger partial charge in [-0.2, -0.15) is 0 Å². The van der Waals surface area contributed by atoms with Crippen molar-refractivity contribution in [3.05, 3.63) is 60.2 Å². The monoisotopic (exact) mass is 376 g/mol. The maximum atomic E-state index is 12.7. The smallest absolute Gasteiger partial charge is 0.252 e. The Labute approximate surface area is 160 Å². The lowest BCUT2D eigenvalue weighted by atomic mass is 9.81. The highest BCUT2D eigenvalue weighted by Crippen LogP contribution is 2.31. The highest BCUT2D eigenvalue weighted by atomic mass is 35.5. The first-order valence-corrected chi connectivity index (χ1v) is 9.29. The van der Waals surface area contributed by atoms with E-state index in [1.54, 1.807) is 11.8 Å². The minimum atomic E-state index is 0. The van der Waals surface area contributed by atoms with Crippen LogP contribution < -0.4 is 10.6 Å². The van der Waals surface area contributed by atoms with Crippen LogP contribution in [0.15, 0.2) is 64.4 Å². The van der Waals surface area contributed by atoms with Crippen molar-refractivity contribution in [3.8, 4) is 0 Å². The van der Waals surface area contributed by atoms with Crippen molar-refractivity contribution in [2.45, 2.75) is 29.6 Å². The van der Waals surface area contributed by atoms with Gasteiger partial charge in [-0.05, 0) is 55.6 Å². The molecule has 0 saturated carbocycles. The van der Waals surface area contributed by atoms with Crippen LogP contribution in [0.3, 0.4) is 0 Å². The average Bonchev–Trinajstić information content (AvgIpc) is 2.62. The van der Waals surface area contributed by atoms with Crippen LogP contribution in [0.1, 0.15) is 30.1 Å². The highest BCUT2D eigenvalue weighted by molar-refractivity contribution is 7.99. The van der Waals surface area contributed by atoms with E-state index in [4.69, 9.17) is 0 Å². The maximum Gasteiger partial charge on any atom is 0.252 e. The third-order valence-electron chi connectivity index (χ3n) is 4.59. The molecule has 0 aromatic heterocycles. The van der Waals surface area contributed by atoms with Gasteiger partial charge < -0.3 is 10.6 Å². The number of rotatable bonds is 5. The summed E-state index contributed by atoms with van der Waals surface area (Å²) in [5.41, 5.74) is 0.950. The molecule has 2 aromatic carbocycles. The van der Waals surface area contributed by atoms with E-state index in [1.807, 2.05) is 42.5 Å². The fourth-order valence-corrected chi connectivity index (χ4v) is 3.92. The molecule has 0 spiro atoms. The number of halogens is 1. The van der Waals surface area contributed by atoms with Crippen LogP contribution in [-0.4, -0.2) is 25.5 Å². The molecule has 0 aliphatic carbocycles. The summed E-state index contributed by atoms with van der Waals surface area (Å²) in [4.78, 5) is 14.8. The van der Waals surface area contributed by atoms with E-state index in [0.29, 0.717) is 0 Å². The summed E-state index contributed by atoms with van der Waals surface area (Å²) in [6, 6.07) is 18.0. The van der Waals surface area contributed by atoms with Gasteiger partial charge in [0.1, 0.15) is 0 Å². The van der Waals surface area contributed by atoms with Gasteiger partial charge in [-0.25, -0.2) is 0 Å². The minimum absolute atomic E-state index is 0. The summed E-state index contributed by atoms with van der Waals surface area (Å²) in [5, 5.41) is 6.53. The van der Waals surface area contributed by atoms with Crippen molar-refractivity contribution in [1.82, 2.24) is 10.6 Å². The molecule has 1 amide bonds. The molecule has 0 bridgehead atoms. The van der Waals surface area contributed by atoms with E-state index < -0.39 is 0 Å². The summed E-state index contributed by atoms with van der Waals surface area (Å²) in [5.74, 6) is 0.0220. The fraction of sp³-hybridized carbons (Fsp3) is 0.350. The third kappa shape index (κ3) is 5.50. The van der Waals surface area contributed by atoms with E-state index in [-0.39, 0.29) is 23.7 Å². The lowest BCUT2D eigenvalue weighted by Gasteiger charge is -2.34. The minimum Gasteiger partial charge on any atom is -0.351 e. The molecule has 3 nitrogen and oxygen atoms in total. The zero-order chi connectivity index (χ0) is 16.8. The van der Waals surface area contributed by atoms with Gasteiger partial charge in [0.2, 0.25) is 0 Å². The van der Waals surface area contributed by atoms with Gasteiger partial charge in [-0.15, -0.1) is 12.4 Å². The molecule has 1 saturated heterocycles. The summed E-state index contributed by atoms with van der Waals surface area (Å²) in [6.45, 7) is 5.07. The molecular formula is C20H25ClN2OS. The van der Waals surface area contributed by atoms with Gasteiger partial charge >= 0.3 is 0 Å². The zero-order valence-electron chi connectivity index (χ0n) is 14.5. The van der Waals surface area contributed by atoms with Crippen LogP contribution in [0, 0.1) is 5.41 Å². The van der Waals surface area contributed by atoms with Crippen molar-refractivity contribution >= 4 is 30.1 Å². The molecular weight excluding hydrogens is 352 g/mol. The Bertz CT molecular complexity index is 687. The van der Waals surface area contributed by atoms with Gasteiger partial charge in [0.15, 0.2) is 0 Å². The highest BCUT2D eigenvalue weighted by Gasteiger charge is 2.27. The van der Waals surface area contributed by atoms with E-state index in [1.165, 1.54) is 0 Å². The summed E-state index contributed by atoms with van der Waals surface area (Å²) in [6.07, 6.45) is 2.21. The standard InChI is InChI=1S/C20H24N2OS.ClH/c1-20(11-13-21-14-12-20)15-22-19(23)17-9-5-6-10-18(17)24-16-7-3-2-4-8-16;/h2-10,21H,11-15H2,1H3,(H,22,23);1H. The summed E-state index contributed by atoms with van der Waals surface area (Å²) in [7, 11) is 0. The van der Waals surface area contributed by atoms with Crippen LogP contribution in [0.5, 0.6) is 0 Å². The lowest BCUT2D eigenvalue weighted by molar-refractivity contribution is 0.0919. The molecule has 1 fully saturated rings. The molecule has 25 heavy (non-hydrogen) atoms. The number of carbonyl (C=O) groups is 1. The van der Waals surface area contributed by atoms with Crippen LogP contribution in [0.25, 0.3) is 0 Å². The molecule has 0 atom stereocenters. The third-order valence-corrected chi connectivity index (χ3v) is 5.67. The number of carbonyl (C=O) groups excluding carboxylic acids is 1. The first-order chi connectivity index (χ1) is 11.7. The normalized spacial score (nSPS) is 15.9. The predicted molar refractivity (Wildman–Crippen MR) is 107 cm³/mol. The van der Waals surface area contributed by atoms with Gasteiger partial charge in [0.05, 0.1) is 5.56 Å². The van der Waals surface area contributed by atoms with Crippen molar-refractivity contribution in [3.63, 3.8) is 0 Å². The topological polar surface area (TPSA) is 41.1 Å². The molecule has 2 N–H and O–H groups in total. The Kier molecular flexibility index (Phi) is 7.36. The van der Waals surface area contributed by atoms with E-state index in [9.17, 15) is 4.79 Å². The van der Waals surface area contributed by atoms with Gasteiger partial charge in [-0.3, -0.25) is 4.79 Å². The zero-order valence-corrected chi connectivity index (χ0v) is 16.1. The van der Waals surface area contributed by atoms with E-state index in [0.717, 1.165) is 47.8 Å². The van der Waals surface area contributed by atoms with E-state index in [2.05, 4.69) is 29.7 Å². The molecule has 1 heterocycles. The van der Waals surface area contributed by atoms with Crippen LogP contribution in [0.2, 0.25) is 0 Å². The summed E-state index contributed by atoms with van der Waals surface area (Å²) >= 11 is 1.63. The Morgan fingerprint density at radius 3 is 2.44 bits per heavy atom. The SMILES string of the molecule is CC1(CNC(=O)c2ccccc2Sc2ccccc2)CCNCC1.Cl. The molecule has 2 aromatic rings. The first kappa shape index (κ1) is 19.8. The number of amides is 1. The molecule has 1 aliphatic heterocycles. The molecule has 134 valence electrons. The van der Waals surface area contributed by atoms with Gasteiger partial charge in [0, 0.05) is 16.3 Å². The van der Waals surface area contributed by atoms with Gasteiger partial charge in [-0.1, -0.05) is 49.0 Å². The van der Waals surface area contributed by atoms with Crippen molar-refractivity contribution in [2.24, 2.45) is 5.41 Å². The van der Waals surface area contributed by atoms with Gasteiger partial charge in [0.25, 0.3) is 5.91 Å². The van der Waals surface area contributed by atoms with Crippen molar-refractivity contribution < 1.29 is 4.79 Å². The van der Waals surface area contributed by atoms with Crippen molar-refractivity contribution in [1.29, 1.82) is 0 Å². The fourth-order valence-electron chi connectivity index (χ4n) is 2.95. The van der Waals surface area contributed by atoms with Crippen LogP contribution in [0.4, 0.5) is 0 Å². The maximum absolute atomic E-state index is 12.7. The number of hydrogen-bond donors (Lipinski definition) is 2. The second-order valence-corrected chi connectivity index (χ2v) is 7.77. The Morgan fingerprint density at radius 2 is 1.72 bits per heavy atom. The van der Waals surface area contributed by atoms with Crippen LogP contribution in [-0.2, 0) is 0 Å². The Hall–Kier alpha value is -1.49. The largest absolute Gasteiger partial charge is 0.351 e. The van der Waals surface area contributed by atoms with Crippen LogP contribution >= 0.6 is 24.2 Å². The summed E-state index contributed by atoms with van der Waals surface area (Å²) < 4.78 is 0. The number of nitrogens with one attached hydrogen (secondary N) is 2. The van der Waals surface area contributed by atoms with E-state index >= 15 is 0 Å². The average molecular weight is 377 g/mol. The molecule has 5 heteroatoms. The second-order valence-electron chi connectivity index (χ2n) is 6.65. The lowest BCUT2D eigenvalue weighted by Crippen LogP contribution is -2.43. The first-order valence-electron chi connectivity index (χ1n) is 8.47. The number of benzene rings is 2. The number of hydrogen-bond acceptors (Lipinski definition) is 3. The molecule has 0 radical (unpaired) electrons. The predicted octanol–water partition coefficient (Wildman–Crippen LogP) is 4.38. The van der Waals surface area contributed by atoms with Crippen molar-refractivity contribution in [2.75, 3.05) is 19.6 Å². The Balaban J connectivity index is 0.00000225. The number of piperidine rings is 1. The second kappa shape index (κ2) is 9.27. The molecule has 1 aliphatic rings. The molecule has 0 unspecified atom stereocenters. The molecule has 3 rings (SSSR count). The Morgan fingerprint density at radius 1 is 1.08 bits per heavy atom. The quantitative estimate of drug-likeness (QED) is 0.813.